The van der Waals surface area contributed by atoms with E-state index in [2.05, 4.69) is 5.10 Å². The maximum absolute atomic E-state index is 12.9. The molecule has 1 aliphatic carbocycles. The highest BCUT2D eigenvalue weighted by atomic mass is 19.4. The van der Waals surface area contributed by atoms with Crippen molar-refractivity contribution in [3.63, 3.8) is 0 Å². The van der Waals surface area contributed by atoms with Gasteiger partial charge in [0.2, 0.25) is 5.91 Å². The molecule has 2 rings (SSSR count). The average molecular weight is 264 g/mol. The van der Waals surface area contributed by atoms with Gasteiger partial charge in [-0.1, -0.05) is 13.3 Å². The molecule has 1 unspecified atom stereocenters. The third-order valence-electron chi connectivity index (χ3n) is 3.17. The molecule has 0 aromatic heterocycles. The Balaban J connectivity index is 2.26. The number of carbonyl (C=O) groups excluding carboxylic acids is 1. The third-order valence-corrected chi connectivity index (χ3v) is 3.17. The van der Waals surface area contributed by atoms with E-state index in [0.29, 0.717) is 25.7 Å². The fraction of sp³-hybridized carbons (Fsp3) is 0.818. The van der Waals surface area contributed by atoms with Crippen molar-refractivity contribution in [2.75, 3.05) is 0 Å². The van der Waals surface area contributed by atoms with Gasteiger partial charge in [0.1, 0.15) is 0 Å². The lowest BCUT2D eigenvalue weighted by molar-refractivity contribution is -0.302. The van der Waals surface area contributed by atoms with Gasteiger partial charge in [-0.05, 0) is 19.3 Å². The minimum absolute atomic E-state index is 0.228. The van der Waals surface area contributed by atoms with Gasteiger partial charge in [-0.2, -0.15) is 23.3 Å². The summed E-state index contributed by atoms with van der Waals surface area (Å²) in [7, 11) is 0. The van der Waals surface area contributed by atoms with E-state index in [9.17, 15) is 23.1 Å². The SMILES string of the molecule is CCCC1=NN(C(=O)C2CC2)C(O)(C(F)(F)F)C1. The molecule has 0 aromatic rings. The van der Waals surface area contributed by atoms with Gasteiger partial charge in [-0.3, -0.25) is 4.79 Å². The standard InChI is InChI=1S/C11H15F3N2O2/c1-2-3-8-6-10(18,11(12,13)14)16(15-8)9(17)7-4-5-7/h7,18H,2-6H2,1H3. The van der Waals surface area contributed by atoms with Crippen LogP contribution in [0.3, 0.4) is 0 Å². The molecule has 18 heavy (non-hydrogen) atoms. The van der Waals surface area contributed by atoms with Crippen LogP contribution in [0.5, 0.6) is 0 Å². The van der Waals surface area contributed by atoms with Crippen LogP contribution in [0.1, 0.15) is 39.0 Å². The maximum atomic E-state index is 12.9. The minimum Gasteiger partial charge on any atom is -0.362 e. The molecule has 7 heteroatoms. The zero-order valence-electron chi connectivity index (χ0n) is 10.00. The second-order valence-electron chi connectivity index (χ2n) is 4.83. The summed E-state index contributed by atoms with van der Waals surface area (Å²) in [6, 6.07) is 0. The van der Waals surface area contributed by atoms with E-state index >= 15 is 0 Å². The van der Waals surface area contributed by atoms with E-state index in [-0.39, 0.29) is 10.7 Å². The highest BCUT2D eigenvalue weighted by Gasteiger charge is 2.63. The molecule has 1 N–H and O–H groups in total. The number of amides is 1. The first-order valence-corrected chi connectivity index (χ1v) is 5.99. The number of carbonyl (C=O) groups is 1. The van der Waals surface area contributed by atoms with Crippen LogP contribution in [-0.4, -0.2) is 33.6 Å². The molecule has 1 atom stereocenters. The maximum Gasteiger partial charge on any atom is 0.438 e. The Morgan fingerprint density at radius 3 is 2.61 bits per heavy atom. The van der Waals surface area contributed by atoms with Gasteiger partial charge in [0, 0.05) is 18.1 Å². The molecular weight excluding hydrogens is 249 g/mol. The Hall–Kier alpha value is -1.11. The number of alkyl halides is 3. The fourth-order valence-electron chi connectivity index (χ4n) is 2.00. The molecule has 0 saturated heterocycles. The molecule has 0 radical (unpaired) electrons. The molecule has 0 spiro atoms. The van der Waals surface area contributed by atoms with Crippen molar-refractivity contribution >= 4 is 11.6 Å². The zero-order valence-corrected chi connectivity index (χ0v) is 10.00. The number of aliphatic hydroxyl groups is 1. The van der Waals surface area contributed by atoms with Gasteiger partial charge in [0.05, 0.1) is 0 Å². The van der Waals surface area contributed by atoms with Crippen molar-refractivity contribution in [3.05, 3.63) is 0 Å². The Kier molecular flexibility index (Phi) is 3.12. The van der Waals surface area contributed by atoms with Gasteiger partial charge < -0.3 is 5.11 Å². The van der Waals surface area contributed by atoms with Crippen LogP contribution in [0, 0.1) is 5.92 Å². The molecule has 1 heterocycles. The minimum atomic E-state index is -4.89. The highest BCUT2D eigenvalue weighted by Crippen LogP contribution is 2.43. The fourth-order valence-corrected chi connectivity index (χ4v) is 2.00. The molecular formula is C11H15F3N2O2. The first kappa shape index (κ1) is 13.3. The number of hydrogen-bond acceptors (Lipinski definition) is 3. The molecule has 2 aliphatic rings. The lowest BCUT2D eigenvalue weighted by Gasteiger charge is -2.32. The van der Waals surface area contributed by atoms with Gasteiger partial charge in [0.15, 0.2) is 0 Å². The Morgan fingerprint density at radius 2 is 2.17 bits per heavy atom. The topological polar surface area (TPSA) is 52.9 Å². The van der Waals surface area contributed by atoms with Crippen molar-refractivity contribution in [2.24, 2.45) is 11.0 Å². The van der Waals surface area contributed by atoms with Crippen molar-refractivity contribution < 1.29 is 23.1 Å². The van der Waals surface area contributed by atoms with Gasteiger partial charge >= 0.3 is 6.18 Å². The van der Waals surface area contributed by atoms with Gasteiger partial charge in [0.25, 0.3) is 5.72 Å². The van der Waals surface area contributed by atoms with Crippen LogP contribution < -0.4 is 0 Å². The summed E-state index contributed by atoms with van der Waals surface area (Å²) in [6.45, 7) is 1.81. The van der Waals surface area contributed by atoms with Crippen LogP contribution in [0.15, 0.2) is 5.10 Å². The Morgan fingerprint density at radius 1 is 1.56 bits per heavy atom. The van der Waals surface area contributed by atoms with Gasteiger partial charge in [-0.15, -0.1) is 0 Å². The van der Waals surface area contributed by atoms with Crippen LogP contribution in [-0.2, 0) is 4.79 Å². The number of hydrazone groups is 1. The van der Waals surface area contributed by atoms with E-state index in [0.717, 1.165) is 0 Å². The highest BCUT2D eigenvalue weighted by molar-refractivity contribution is 5.91. The third kappa shape index (κ3) is 2.11. The van der Waals surface area contributed by atoms with E-state index in [4.69, 9.17) is 0 Å². The molecule has 1 amide bonds. The lowest BCUT2D eigenvalue weighted by Crippen LogP contribution is -2.57. The number of rotatable bonds is 3. The average Bonchev–Trinajstić information content (AvgIpc) is 3.02. The first-order valence-electron chi connectivity index (χ1n) is 5.99. The second-order valence-corrected chi connectivity index (χ2v) is 4.83. The summed E-state index contributed by atoms with van der Waals surface area (Å²) in [5.41, 5.74) is -2.93. The van der Waals surface area contributed by atoms with Crippen molar-refractivity contribution in [1.29, 1.82) is 0 Å². The summed E-state index contributed by atoms with van der Waals surface area (Å²) in [5, 5.41) is 13.7. The quantitative estimate of drug-likeness (QED) is 0.848. The monoisotopic (exact) mass is 264 g/mol. The lowest BCUT2D eigenvalue weighted by atomic mass is 10.0. The second kappa shape index (κ2) is 4.22. The van der Waals surface area contributed by atoms with Crippen LogP contribution >= 0.6 is 0 Å². The predicted molar refractivity (Wildman–Crippen MR) is 57.5 cm³/mol. The van der Waals surface area contributed by atoms with Crippen molar-refractivity contribution in [1.82, 2.24) is 5.01 Å². The summed E-state index contributed by atoms with van der Waals surface area (Å²) < 4.78 is 38.8. The number of halogens is 3. The first-order chi connectivity index (χ1) is 8.29. The molecule has 4 nitrogen and oxygen atoms in total. The summed E-state index contributed by atoms with van der Waals surface area (Å²) in [4.78, 5) is 11.8. The zero-order chi connectivity index (χ0) is 13.6. The van der Waals surface area contributed by atoms with Crippen LogP contribution in [0.25, 0.3) is 0 Å². The Labute approximate surface area is 102 Å². The molecule has 1 fully saturated rings. The van der Waals surface area contributed by atoms with E-state index in [1.54, 1.807) is 6.92 Å². The predicted octanol–water partition coefficient (Wildman–Crippen LogP) is 2.04. The summed E-state index contributed by atoms with van der Waals surface area (Å²) in [6.07, 6.45) is -3.41. The normalized spacial score (nSPS) is 28.5. The summed E-state index contributed by atoms with van der Waals surface area (Å²) in [5.74, 6) is -1.13. The molecule has 102 valence electrons. The van der Waals surface area contributed by atoms with E-state index in [1.807, 2.05) is 0 Å². The smallest absolute Gasteiger partial charge is 0.362 e. The van der Waals surface area contributed by atoms with Gasteiger partial charge in [-0.25, -0.2) is 0 Å². The molecule has 0 bridgehead atoms. The largest absolute Gasteiger partial charge is 0.438 e. The van der Waals surface area contributed by atoms with Crippen molar-refractivity contribution in [2.45, 2.75) is 50.9 Å². The van der Waals surface area contributed by atoms with Crippen LogP contribution in [0.4, 0.5) is 13.2 Å². The summed E-state index contributed by atoms with van der Waals surface area (Å²) >= 11 is 0. The number of nitrogens with zero attached hydrogens (tertiary/aromatic N) is 2. The molecule has 0 aromatic carbocycles. The van der Waals surface area contributed by atoms with E-state index in [1.165, 1.54) is 0 Å². The van der Waals surface area contributed by atoms with E-state index < -0.39 is 30.1 Å². The number of hydrogen-bond donors (Lipinski definition) is 1. The Bertz CT molecular complexity index is 390. The molecule has 1 saturated carbocycles. The van der Waals surface area contributed by atoms with Crippen molar-refractivity contribution in [3.8, 4) is 0 Å². The van der Waals surface area contributed by atoms with Crippen LogP contribution in [0.2, 0.25) is 0 Å². The molecule has 1 aliphatic heterocycles.